The number of nitrogens with one attached hydrogen (secondary N) is 1. The van der Waals surface area contributed by atoms with Crippen molar-refractivity contribution in [1.29, 1.82) is 0 Å². The van der Waals surface area contributed by atoms with Gasteiger partial charge in [-0.1, -0.05) is 24.3 Å². The van der Waals surface area contributed by atoms with E-state index in [9.17, 15) is 40.9 Å². The summed E-state index contributed by atoms with van der Waals surface area (Å²) in [6, 6.07) is 13.3. The fourth-order valence-corrected chi connectivity index (χ4v) is 5.10. The van der Waals surface area contributed by atoms with Gasteiger partial charge in [-0.3, -0.25) is 4.68 Å². The number of ether oxygens (including phenoxy) is 3. The second-order valence-corrected chi connectivity index (χ2v) is 10.9. The lowest BCUT2D eigenvalue weighted by molar-refractivity contribution is -0.278. The van der Waals surface area contributed by atoms with Gasteiger partial charge in [-0.2, -0.15) is 0 Å². The van der Waals surface area contributed by atoms with E-state index in [-0.39, 0.29) is 38.9 Å². The summed E-state index contributed by atoms with van der Waals surface area (Å²) in [6.45, 7) is -0.921. The molecule has 1 aliphatic rings. The number of hydrogen-bond donors (Lipinski definition) is 9. The van der Waals surface area contributed by atoms with Gasteiger partial charge in [0, 0.05) is 0 Å². The number of benzene rings is 2. The molecule has 0 spiro atoms. The Morgan fingerprint density at radius 2 is 1.66 bits per heavy atom. The summed E-state index contributed by atoms with van der Waals surface area (Å²) in [6.07, 6.45) is -5.46. The average Bonchev–Trinajstić information content (AvgIpc) is 3.40. The third-order valence-corrected chi connectivity index (χ3v) is 7.80. The van der Waals surface area contributed by atoms with Crippen LogP contribution in [0.3, 0.4) is 0 Å². The van der Waals surface area contributed by atoms with Crippen LogP contribution in [0.2, 0.25) is 0 Å². The Labute approximate surface area is 254 Å². The summed E-state index contributed by atoms with van der Waals surface area (Å²) in [4.78, 5) is 0. The van der Waals surface area contributed by atoms with Gasteiger partial charge >= 0.3 is 0 Å². The van der Waals surface area contributed by atoms with Crippen LogP contribution in [0.5, 0.6) is 11.6 Å². The molecule has 244 valence electrons. The zero-order chi connectivity index (χ0) is 31.7. The Morgan fingerprint density at radius 1 is 0.909 bits per heavy atom. The maximum absolute atomic E-state index is 10.5. The molecular formula is C30H43N3O11. The number of aromatic nitrogens is 2. The van der Waals surface area contributed by atoms with Crippen molar-refractivity contribution < 1.29 is 55.1 Å². The molecule has 5 atom stereocenters. The zero-order valence-electron chi connectivity index (χ0n) is 24.4. The summed E-state index contributed by atoms with van der Waals surface area (Å²) in [5, 5.41) is 86.3. The Morgan fingerprint density at radius 3 is 2.36 bits per heavy atom. The monoisotopic (exact) mass is 621 g/mol. The topological polar surface area (TPSA) is 219 Å². The van der Waals surface area contributed by atoms with E-state index in [0.29, 0.717) is 49.1 Å². The van der Waals surface area contributed by atoms with Crippen LogP contribution >= 0.6 is 0 Å². The van der Waals surface area contributed by atoms with Crippen molar-refractivity contribution in [3.05, 3.63) is 53.6 Å². The highest BCUT2D eigenvalue weighted by Crippen LogP contribution is 2.33. The van der Waals surface area contributed by atoms with Crippen molar-refractivity contribution in [2.24, 2.45) is 0 Å². The molecule has 0 saturated carbocycles. The predicted molar refractivity (Wildman–Crippen MR) is 157 cm³/mol. The quantitative estimate of drug-likeness (QED) is 0.0751. The molecule has 4 rings (SSSR count). The Kier molecular flexibility index (Phi) is 12.3. The molecule has 0 bridgehead atoms. The van der Waals surface area contributed by atoms with Gasteiger partial charge in [0.05, 0.1) is 62.6 Å². The molecule has 2 heterocycles. The molecule has 0 unspecified atom stereocenters. The van der Waals surface area contributed by atoms with Crippen LogP contribution in [0.1, 0.15) is 17.5 Å². The molecule has 1 aliphatic heterocycles. The van der Waals surface area contributed by atoms with Gasteiger partial charge in [-0.25, -0.2) is 0 Å². The van der Waals surface area contributed by atoms with Gasteiger partial charge in [0.2, 0.25) is 12.2 Å². The SMILES string of the molecule is OCCn1nc(O[C@@H]2O[C@H](CO)[C@@H](O)[C@H](O)[C@H]2O)c2c(CCc3cccc(OCCCNC(CO)(CO)CO)c3)cccc21. The normalized spacial score (nSPS) is 22.4. The second-order valence-electron chi connectivity index (χ2n) is 10.9. The van der Waals surface area contributed by atoms with Crippen molar-refractivity contribution in [2.45, 2.75) is 62.1 Å². The lowest BCUT2D eigenvalue weighted by Crippen LogP contribution is -2.60. The number of nitrogens with zero attached hydrogens (tertiary/aromatic N) is 2. The molecule has 44 heavy (non-hydrogen) atoms. The molecule has 1 fully saturated rings. The molecule has 14 nitrogen and oxygen atoms in total. The fourth-order valence-electron chi connectivity index (χ4n) is 5.10. The Balaban J connectivity index is 1.45. The molecule has 0 radical (unpaired) electrons. The smallest absolute Gasteiger partial charge is 0.243 e. The van der Waals surface area contributed by atoms with E-state index in [2.05, 4.69) is 10.4 Å². The number of fused-ring (bicyclic) bond motifs is 1. The predicted octanol–water partition coefficient (Wildman–Crippen LogP) is -1.93. The first-order valence-electron chi connectivity index (χ1n) is 14.7. The number of aliphatic hydroxyl groups is 8. The van der Waals surface area contributed by atoms with E-state index in [1.807, 2.05) is 42.5 Å². The maximum atomic E-state index is 10.5. The van der Waals surface area contributed by atoms with Gasteiger partial charge < -0.3 is 60.4 Å². The number of aliphatic hydroxyl groups excluding tert-OH is 8. The molecule has 14 heteroatoms. The molecule has 1 saturated heterocycles. The summed E-state index contributed by atoms with van der Waals surface area (Å²) >= 11 is 0. The molecule has 9 N–H and O–H groups in total. The van der Waals surface area contributed by atoms with Crippen LogP contribution in [0.25, 0.3) is 10.9 Å². The van der Waals surface area contributed by atoms with E-state index in [1.54, 1.807) is 4.68 Å². The first kappa shape index (κ1) is 34.0. The summed E-state index contributed by atoms with van der Waals surface area (Å²) in [5.41, 5.74) is 1.45. The fraction of sp³-hybridized carbons (Fsp3) is 0.567. The Bertz CT molecular complexity index is 1310. The van der Waals surface area contributed by atoms with Crippen molar-refractivity contribution in [3.63, 3.8) is 0 Å². The van der Waals surface area contributed by atoms with Crippen molar-refractivity contribution in [3.8, 4) is 11.6 Å². The van der Waals surface area contributed by atoms with Crippen molar-refractivity contribution >= 4 is 10.9 Å². The first-order chi connectivity index (χ1) is 21.3. The van der Waals surface area contributed by atoms with Crippen LogP contribution in [0.4, 0.5) is 0 Å². The second kappa shape index (κ2) is 15.9. The van der Waals surface area contributed by atoms with E-state index < -0.39 is 42.9 Å². The van der Waals surface area contributed by atoms with Crippen LogP contribution in [-0.2, 0) is 24.1 Å². The van der Waals surface area contributed by atoms with Gasteiger partial charge in [0.15, 0.2) is 0 Å². The Hall–Kier alpha value is -2.89. The molecule has 0 amide bonds. The molecule has 1 aromatic heterocycles. The van der Waals surface area contributed by atoms with Crippen LogP contribution < -0.4 is 14.8 Å². The molecule has 0 aliphatic carbocycles. The van der Waals surface area contributed by atoms with E-state index in [4.69, 9.17) is 14.2 Å². The average molecular weight is 622 g/mol. The molecule has 3 aromatic rings. The molecule has 2 aromatic carbocycles. The number of hydrogen-bond acceptors (Lipinski definition) is 13. The lowest BCUT2D eigenvalue weighted by atomic mass is 9.99. The summed E-state index contributed by atoms with van der Waals surface area (Å²) in [7, 11) is 0. The van der Waals surface area contributed by atoms with E-state index in [1.165, 1.54) is 0 Å². The van der Waals surface area contributed by atoms with Gasteiger partial charge in [0.1, 0.15) is 30.2 Å². The minimum atomic E-state index is -1.60. The zero-order valence-corrected chi connectivity index (χ0v) is 24.4. The standard InChI is InChI=1S/C30H43N3O11/c34-12-11-33-22-7-2-5-20(24(22)28(32-33)44-29-27(41)26(40)25(39)23(15-35)43-29)9-8-19-4-1-6-21(14-19)42-13-3-10-31-30(16-36,17-37)18-38/h1-2,4-7,14,23,25-27,29,31,34-41H,3,8-13,15-18H2/t23-,25-,26+,27-,29+/m1/s1. The highest BCUT2D eigenvalue weighted by molar-refractivity contribution is 5.88. The highest BCUT2D eigenvalue weighted by atomic mass is 16.7. The number of aryl methyl sites for hydroxylation is 2. The van der Waals surface area contributed by atoms with Crippen LogP contribution in [0.15, 0.2) is 42.5 Å². The maximum Gasteiger partial charge on any atom is 0.243 e. The summed E-state index contributed by atoms with van der Waals surface area (Å²) < 4.78 is 18.9. The van der Waals surface area contributed by atoms with Crippen LogP contribution in [0, 0.1) is 0 Å². The minimum absolute atomic E-state index is 0.117. The van der Waals surface area contributed by atoms with Crippen molar-refractivity contribution in [2.75, 3.05) is 46.2 Å². The minimum Gasteiger partial charge on any atom is -0.494 e. The first-order valence-corrected chi connectivity index (χ1v) is 14.7. The van der Waals surface area contributed by atoms with Gasteiger partial charge in [0.25, 0.3) is 0 Å². The largest absolute Gasteiger partial charge is 0.494 e. The molecular weight excluding hydrogens is 578 g/mol. The third kappa shape index (κ3) is 7.84. The van der Waals surface area contributed by atoms with Gasteiger partial charge in [-0.15, -0.1) is 5.10 Å². The number of rotatable bonds is 17. The summed E-state index contributed by atoms with van der Waals surface area (Å²) in [5.74, 6) is 0.799. The van der Waals surface area contributed by atoms with Crippen molar-refractivity contribution in [1.82, 2.24) is 15.1 Å². The van der Waals surface area contributed by atoms with E-state index >= 15 is 0 Å². The van der Waals surface area contributed by atoms with Gasteiger partial charge in [-0.05, 0) is 55.1 Å². The lowest BCUT2D eigenvalue weighted by Gasteiger charge is -2.39. The van der Waals surface area contributed by atoms with Crippen LogP contribution in [-0.4, -0.2) is 133 Å². The van der Waals surface area contributed by atoms with E-state index in [0.717, 1.165) is 11.1 Å². The highest BCUT2D eigenvalue weighted by Gasteiger charge is 2.45. The third-order valence-electron chi connectivity index (χ3n) is 7.80.